The molecule has 0 spiro atoms. The lowest BCUT2D eigenvalue weighted by atomic mass is 9.65. The van der Waals surface area contributed by atoms with Crippen molar-refractivity contribution in [1.29, 1.82) is 0 Å². The third kappa shape index (κ3) is 3.67. The topological polar surface area (TPSA) is 33.2 Å². The Hall–Kier alpha value is -2.30. The van der Waals surface area contributed by atoms with E-state index in [4.69, 9.17) is 0 Å². The first-order valence-electron chi connectivity index (χ1n) is 9.39. The van der Waals surface area contributed by atoms with Crippen molar-refractivity contribution in [3.63, 3.8) is 0 Å². The summed E-state index contributed by atoms with van der Waals surface area (Å²) < 4.78 is 27.3. The number of likely N-dealkylation sites (tertiary alicyclic amines) is 1. The second-order valence-corrected chi connectivity index (χ2v) is 9.18. The molecule has 150 valence electrons. The van der Waals surface area contributed by atoms with E-state index in [0.717, 1.165) is 31.9 Å². The summed E-state index contributed by atoms with van der Waals surface area (Å²) in [5, 5.41) is 0. The van der Waals surface area contributed by atoms with Gasteiger partial charge in [-0.3, -0.25) is 4.79 Å². The first-order valence-corrected chi connectivity index (χ1v) is 9.39. The molecule has 1 aliphatic heterocycles. The Kier molecular flexibility index (Phi) is 5.07. The fraction of sp³-hybridized carbons (Fsp3) is 0.478. The van der Waals surface area contributed by atoms with Crippen molar-refractivity contribution in [1.82, 2.24) is 9.88 Å². The molecule has 28 heavy (non-hydrogen) atoms. The number of pyridine rings is 1. The van der Waals surface area contributed by atoms with Gasteiger partial charge in [-0.05, 0) is 54.4 Å². The zero-order valence-corrected chi connectivity index (χ0v) is 15.9. The second-order valence-electron chi connectivity index (χ2n) is 9.18. The van der Waals surface area contributed by atoms with E-state index in [1.165, 1.54) is 12.1 Å². The molecule has 2 aliphatic rings. The molecular formula is C23H28F2N2O. The van der Waals surface area contributed by atoms with Crippen LogP contribution in [0, 0.1) is 22.5 Å². The lowest BCUT2D eigenvalue weighted by Gasteiger charge is -2.39. The molecule has 1 saturated carbocycles. The Bertz CT molecular complexity index is 911. The molecule has 1 saturated heterocycles. The number of halogens is 2. The minimum absolute atomic E-state index is 0. The number of carbonyl (C=O) groups is 1. The van der Waals surface area contributed by atoms with Crippen LogP contribution in [0.1, 0.15) is 57.9 Å². The minimum atomic E-state index is -0.682. The highest BCUT2D eigenvalue weighted by Crippen LogP contribution is 2.52. The van der Waals surface area contributed by atoms with Crippen LogP contribution in [-0.2, 0) is 0 Å². The summed E-state index contributed by atoms with van der Waals surface area (Å²) in [5.74, 6) is -1.42. The van der Waals surface area contributed by atoms with Crippen LogP contribution in [0.25, 0.3) is 11.3 Å². The number of hydrogen-bond acceptors (Lipinski definition) is 2. The van der Waals surface area contributed by atoms with E-state index in [-0.39, 0.29) is 35.8 Å². The lowest BCUT2D eigenvalue weighted by Crippen LogP contribution is -2.38. The molecule has 1 aromatic carbocycles. The van der Waals surface area contributed by atoms with Crippen LogP contribution in [-0.4, -0.2) is 28.4 Å². The van der Waals surface area contributed by atoms with Gasteiger partial charge in [0.15, 0.2) is 0 Å². The predicted molar refractivity (Wildman–Crippen MR) is 107 cm³/mol. The summed E-state index contributed by atoms with van der Waals surface area (Å²) in [7, 11) is 0. The number of carbonyl (C=O) groups excluding carboxylic acids is 1. The van der Waals surface area contributed by atoms with Crippen molar-refractivity contribution in [2.75, 3.05) is 6.54 Å². The van der Waals surface area contributed by atoms with Gasteiger partial charge < -0.3 is 4.90 Å². The van der Waals surface area contributed by atoms with Gasteiger partial charge in [0.2, 0.25) is 0 Å². The van der Waals surface area contributed by atoms with Crippen LogP contribution in [0.15, 0.2) is 36.4 Å². The van der Waals surface area contributed by atoms with Crippen LogP contribution in [0.4, 0.5) is 8.78 Å². The third-order valence-electron chi connectivity index (χ3n) is 5.85. The smallest absolute Gasteiger partial charge is 0.272 e. The number of nitrogens with zero attached hydrogens (tertiary/aromatic N) is 2. The molecule has 2 heterocycles. The van der Waals surface area contributed by atoms with Gasteiger partial charge in [0.05, 0.1) is 5.69 Å². The fourth-order valence-electron chi connectivity index (χ4n) is 5.25. The molecular weight excluding hydrogens is 358 g/mol. The van der Waals surface area contributed by atoms with Crippen LogP contribution >= 0.6 is 0 Å². The monoisotopic (exact) mass is 386 g/mol. The summed E-state index contributed by atoms with van der Waals surface area (Å²) in [6.07, 6.45) is 3.11. The SMILES string of the molecule is C.CC1(C)C[C@@H]2C[C@@](C)(CN2C(=O)c2cccc(-c3ccc(F)cc3F)n2)C1. The Morgan fingerprint density at radius 3 is 2.61 bits per heavy atom. The first-order chi connectivity index (χ1) is 12.7. The Labute approximate surface area is 165 Å². The van der Waals surface area contributed by atoms with Crippen molar-refractivity contribution in [2.24, 2.45) is 10.8 Å². The summed E-state index contributed by atoms with van der Waals surface area (Å²) in [6, 6.07) is 8.61. The molecule has 2 atom stereocenters. The molecule has 1 amide bonds. The zero-order valence-electron chi connectivity index (χ0n) is 15.9. The van der Waals surface area contributed by atoms with Gasteiger partial charge in [0.1, 0.15) is 17.3 Å². The van der Waals surface area contributed by atoms with Crippen LogP contribution in [0.3, 0.4) is 0 Å². The summed E-state index contributed by atoms with van der Waals surface area (Å²) >= 11 is 0. The van der Waals surface area contributed by atoms with Gasteiger partial charge in [0.25, 0.3) is 5.91 Å². The van der Waals surface area contributed by atoms with E-state index >= 15 is 0 Å². The van der Waals surface area contributed by atoms with Gasteiger partial charge >= 0.3 is 0 Å². The quantitative estimate of drug-likeness (QED) is 0.663. The molecule has 2 bridgehead atoms. The summed E-state index contributed by atoms with van der Waals surface area (Å²) in [5.41, 5.74) is 1.21. The average Bonchev–Trinajstić information content (AvgIpc) is 2.83. The first kappa shape index (κ1) is 20.4. The molecule has 1 aliphatic carbocycles. The van der Waals surface area contributed by atoms with Crippen molar-refractivity contribution in [3.8, 4) is 11.3 Å². The lowest BCUT2D eigenvalue weighted by molar-refractivity contribution is 0.0702. The van der Waals surface area contributed by atoms with Crippen LogP contribution in [0.2, 0.25) is 0 Å². The molecule has 3 nitrogen and oxygen atoms in total. The van der Waals surface area contributed by atoms with Gasteiger partial charge in [-0.1, -0.05) is 34.3 Å². The Morgan fingerprint density at radius 2 is 1.89 bits per heavy atom. The van der Waals surface area contributed by atoms with Gasteiger partial charge in [-0.15, -0.1) is 0 Å². The molecule has 0 radical (unpaired) electrons. The van der Waals surface area contributed by atoms with Crippen molar-refractivity contribution in [3.05, 3.63) is 53.7 Å². The zero-order chi connectivity index (χ0) is 19.4. The number of aromatic nitrogens is 1. The molecule has 2 fully saturated rings. The molecule has 0 unspecified atom stereocenters. The molecule has 1 aromatic heterocycles. The van der Waals surface area contributed by atoms with E-state index in [1.807, 2.05) is 4.90 Å². The normalized spacial score (nSPS) is 25.3. The average molecular weight is 386 g/mol. The number of benzene rings is 1. The number of amides is 1. The number of hydrogen-bond donors (Lipinski definition) is 0. The molecule has 0 N–H and O–H groups in total. The van der Waals surface area contributed by atoms with E-state index < -0.39 is 11.6 Å². The van der Waals surface area contributed by atoms with Gasteiger partial charge in [0, 0.05) is 24.2 Å². The van der Waals surface area contributed by atoms with Gasteiger partial charge in [-0.25, -0.2) is 13.8 Å². The number of fused-ring (bicyclic) bond motifs is 2. The Balaban J connectivity index is 0.00000225. The summed E-state index contributed by atoms with van der Waals surface area (Å²) in [6.45, 7) is 7.52. The minimum Gasteiger partial charge on any atom is -0.334 e. The highest BCUT2D eigenvalue weighted by Gasteiger charge is 2.51. The maximum absolute atomic E-state index is 14.1. The molecule has 2 aromatic rings. The third-order valence-corrected chi connectivity index (χ3v) is 5.85. The van der Waals surface area contributed by atoms with Crippen molar-refractivity contribution >= 4 is 5.91 Å². The van der Waals surface area contributed by atoms with Crippen molar-refractivity contribution < 1.29 is 13.6 Å². The van der Waals surface area contributed by atoms with Gasteiger partial charge in [-0.2, -0.15) is 0 Å². The van der Waals surface area contributed by atoms with E-state index in [0.29, 0.717) is 11.4 Å². The second kappa shape index (κ2) is 6.94. The predicted octanol–water partition coefficient (Wildman–Crippen LogP) is 5.70. The largest absolute Gasteiger partial charge is 0.334 e. The standard InChI is InChI=1S/C22H24F2N2O.CH4/c1-21(2)10-15-11-22(3,12-21)13-26(15)20(27)19-6-4-5-18(25-19)16-8-7-14(23)9-17(16)24;/h4-9,15H,10-13H2,1-3H3;1H4/t15-,22-;/m1./s1. The van der Waals surface area contributed by atoms with Crippen LogP contribution in [0.5, 0.6) is 0 Å². The summed E-state index contributed by atoms with van der Waals surface area (Å²) in [4.78, 5) is 19.5. The fourth-order valence-corrected chi connectivity index (χ4v) is 5.25. The van der Waals surface area contributed by atoms with E-state index in [9.17, 15) is 13.6 Å². The van der Waals surface area contributed by atoms with E-state index in [1.54, 1.807) is 18.2 Å². The molecule has 5 heteroatoms. The maximum Gasteiger partial charge on any atom is 0.272 e. The van der Waals surface area contributed by atoms with Crippen molar-refractivity contribution in [2.45, 2.75) is 53.5 Å². The Morgan fingerprint density at radius 1 is 1.14 bits per heavy atom. The highest BCUT2D eigenvalue weighted by atomic mass is 19.1. The highest BCUT2D eigenvalue weighted by molar-refractivity contribution is 5.93. The number of rotatable bonds is 2. The van der Waals surface area contributed by atoms with Crippen LogP contribution < -0.4 is 0 Å². The van der Waals surface area contributed by atoms with E-state index in [2.05, 4.69) is 25.8 Å². The maximum atomic E-state index is 14.1. The molecule has 4 rings (SSSR count).